The number of hydrogen-bond acceptors (Lipinski definition) is 7. The van der Waals surface area contributed by atoms with Gasteiger partial charge in [-0.25, -0.2) is 8.42 Å². The van der Waals surface area contributed by atoms with E-state index in [0.29, 0.717) is 44.8 Å². The highest BCUT2D eigenvalue weighted by molar-refractivity contribution is 7.89. The molecular formula is C26H32N4O6S. The molecule has 1 aliphatic carbocycles. The molecule has 10 nitrogen and oxygen atoms in total. The second-order valence-corrected chi connectivity index (χ2v) is 11.8. The van der Waals surface area contributed by atoms with Crippen molar-refractivity contribution in [3.63, 3.8) is 0 Å². The van der Waals surface area contributed by atoms with E-state index in [2.05, 4.69) is 17.4 Å². The van der Waals surface area contributed by atoms with E-state index >= 15 is 0 Å². The van der Waals surface area contributed by atoms with E-state index in [9.17, 15) is 23.3 Å². The van der Waals surface area contributed by atoms with Gasteiger partial charge in [0.2, 0.25) is 15.9 Å². The molecule has 0 aromatic heterocycles. The SMILES string of the molecule is O=C(N[C@@H]1CCCc2ccccc21)C1CCN(c2ccc(S(=O)(=O)N3CCOCC3)cc2[N+](=O)[O-])CC1. The fourth-order valence-electron chi connectivity index (χ4n) is 5.59. The maximum Gasteiger partial charge on any atom is 0.293 e. The molecule has 0 bridgehead atoms. The molecule has 5 rings (SSSR count). The number of sulfonamides is 1. The van der Waals surface area contributed by atoms with Gasteiger partial charge in [-0.05, 0) is 55.4 Å². The van der Waals surface area contributed by atoms with E-state index in [4.69, 9.17) is 4.74 Å². The van der Waals surface area contributed by atoms with Crippen LogP contribution in [0.3, 0.4) is 0 Å². The molecule has 198 valence electrons. The van der Waals surface area contributed by atoms with Crippen molar-refractivity contribution in [2.45, 2.75) is 43.0 Å². The van der Waals surface area contributed by atoms with Gasteiger partial charge in [0.15, 0.2) is 0 Å². The zero-order valence-corrected chi connectivity index (χ0v) is 21.5. The van der Waals surface area contributed by atoms with E-state index in [1.165, 1.54) is 27.6 Å². The first-order valence-corrected chi connectivity index (χ1v) is 14.3. The van der Waals surface area contributed by atoms with Gasteiger partial charge < -0.3 is 15.0 Å². The number of nitrogens with zero attached hydrogens (tertiary/aromatic N) is 3. The summed E-state index contributed by atoms with van der Waals surface area (Å²) in [5.41, 5.74) is 2.63. The Morgan fingerprint density at radius 3 is 2.49 bits per heavy atom. The second-order valence-electron chi connectivity index (χ2n) is 9.84. The zero-order chi connectivity index (χ0) is 26.0. The number of carbonyl (C=O) groups excluding carboxylic acids is 1. The van der Waals surface area contributed by atoms with Gasteiger partial charge in [0.25, 0.3) is 5.69 Å². The van der Waals surface area contributed by atoms with Crippen LogP contribution in [0.2, 0.25) is 0 Å². The first-order valence-electron chi connectivity index (χ1n) is 12.8. The summed E-state index contributed by atoms with van der Waals surface area (Å²) >= 11 is 0. The van der Waals surface area contributed by atoms with Crippen LogP contribution in [0.4, 0.5) is 11.4 Å². The van der Waals surface area contributed by atoms with Gasteiger partial charge in [-0.1, -0.05) is 24.3 Å². The van der Waals surface area contributed by atoms with Gasteiger partial charge in [0.1, 0.15) is 5.69 Å². The average Bonchev–Trinajstić information content (AvgIpc) is 2.93. The molecule has 2 saturated heterocycles. The lowest BCUT2D eigenvalue weighted by Crippen LogP contribution is -2.42. The van der Waals surface area contributed by atoms with Crippen molar-refractivity contribution in [3.8, 4) is 0 Å². The van der Waals surface area contributed by atoms with Gasteiger partial charge in [-0.2, -0.15) is 4.31 Å². The molecule has 0 spiro atoms. The molecule has 0 unspecified atom stereocenters. The number of rotatable bonds is 6. The number of fused-ring (bicyclic) bond motifs is 1. The Hall–Kier alpha value is -3.02. The molecule has 2 fully saturated rings. The molecular weight excluding hydrogens is 496 g/mol. The molecule has 2 aliphatic heterocycles. The second kappa shape index (κ2) is 10.8. The summed E-state index contributed by atoms with van der Waals surface area (Å²) in [6.45, 7) is 2.01. The predicted molar refractivity (Wildman–Crippen MR) is 138 cm³/mol. The fraction of sp³-hybridized carbons (Fsp3) is 0.500. The zero-order valence-electron chi connectivity index (χ0n) is 20.7. The molecule has 37 heavy (non-hydrogen) atoms. The molecule has 1 atom stereocenters. The lowest BCUT2D eigenvalue weighted by Gasteiger charge is -2.34. The number of nitrogens with one attached hydrogen (secondary N) is 1. The molecule has 2 heterocycles. The highest BCUT2D eigenvalue weighted by atomic mass is 32.2. The van der Waals surface area contributed by atoms with Crippen LogP contribution in [-0.2, 0) is 26.0 Å². The Balaban J connectivity index is 1.26. The summed E-state index contributed by atoms with van der Waals surface area (Å²) in [6, 6.07) is 12.4. The van der Waals surface area contributed by atoms with E-state index in [1.807, 2.05) is 17.0 Å². The number of amides is 1. The van der Waals surface area contributed by atoms with Crippen LogP contribution in [0.15, 0.2) is 47.4 Å². The monoisotopic (exact) mass is 528 g/mol. The van der Waals surface area contributed by atoms with E-state index < -0.39 is 14.9 Å². The van der Waals surface area contributed by atoms with E-state index in [0.717, 1.165) is 25.3 Å². The maximum absolute atomic E-state index is 13.1. The van der Waals surface area contributed by atoms with Crippen molar-refractivity contribution in [2.75, 3.05) is 44.3 Å². The van der Waals surface area contributed by atoms with Crippen LogP contribution < -0.4 is 10.2 Å². The number of nitro groups is 1. The molecule has 2 aromatic carbocycles. The van der Waals surface area contributed by atoms with Crippen LogP contribution in [0.1, 0.15) is 42.9 Å². The van der Waals surface area contributed by atoms with E-state index in [1.54, 1.807) is 0 Å². The van der Waals surface area contributed by atoms with Crippen molar-refractivity contribution < 1.29 is 22.9 Å². The van der Waals surface area contributed by atoms with Gasteiger partial charge in [-0.3, -0.25) is 14.9 Å². The number of nitro benzene ring substituents is 1. The lowest BCUT2D eigenvalue weighted by atomic mass is 9.87. The van der Waals surface area contributed by atoms with Gasteiger partial charge >= 0.3 is 0 Å². The topological polar surface area (TPSA) is 122 Å². The molecule has 1 N–H and O–H groups in total. The number of morpholine rings is 1. The minimum Gasteiger partial charge on any atom is -0.379 e. The molecule has 3 aliphatic rings. The number of piperidine rings is 1. The van der Waals surface area contributed by atoms with Crippen LogP contribution >= 0.6 is 0 Å². The van der Waals surface area contributed by atoms with Crippen molar-refractivity contribution >= 4 is 27.3 Å². The fourth-order valence-corrected chi connectivity index (χ4v) is 7.02. The highest BCUT2D eigenvalue weighted by Crippen LogP contribution is 2.35. The molecule has 11 heteroatoms. The lowest BCUT2D eigenvalue weighted by molar-refractivity contribution is -0.384. The first kappa shape index (κ1) is 25.6. The van der Waals surface area contributed by atoms with Crippen molar-refractivity contribution in [3.05, 3.63) is 63.7 Å². The first-order chi connectivity index (χ1) is 17.8. The summed E-state index contributed by atoms with van der Waals surface area (Å²) in [4.78, 5) is 26.2. The number of ether oxygens (including phenoxy) is 1. The Labute approximate surface area is 216 Å². The number of hydrogen-bond donors (Lipinski definition) is 1. The molecule has 0 saturated carbocycles. The Kier molecular flexibility index (Phi) is 7.45. The van der Waals surface area contributed by atoms with Crippen LogP contribution in [0.5, 0.6) is 0 Å². The number of anilines is 1. The minimum atomic E-state index is -3.84. The predicted octanol–water partition coefficient (Wildman–Crippen LogP) is 3.03. The quantitative estimate of drug-likeness (QED) is 0.452. The molecule has 0 radical (unpaired) electrons. The summed E-state index contributed by atoms with van der Waals surface area (Å²) in [5, 5.41) is 15.1. The summed E-state index contributed by atoms with van der Waals surface area (Å²) < 4.78 is 32.5. The van der Waals surface area contributed by atoms with Crippen LogP contribution in [0.25, 0.3) is 0 Å². The van der Waals surface area contributed by atoms with Crippen LogP contribution in [0, 0.1) is 16.0 Å². The molecule has 1 amide bonds. The maximum atomic E-state index is 13.1. The summed E-state index contributed by atoms with van der Waals surface area (Å²) in [5.74, 6) is -0.131. The summed E-state index contributed by atoms with van der Waals surface area (Å²) in [6.07, 6.45) is 4.15. The van der Waals surface area contributed by atoms with Gasteiger partial charge in [0, 0.05) is 38.2 Å². The largest absolute Gasteiger partial charge is 0.379 e. The highest BCUT2D eigenvalue weighted by Gasteiger charge is 2.33. The normalized spacial score (nSPS) is 21.3. The Morgan fingerprint density at radius 2 is 1.76 bits per heavy atom. The number of carbonyl (C=O) groups is 1. The van der Waals surface area contributed by atoms with Crippen LogP contribution in [-0.4, -0.2) is 62.9 Å². The van der Waals surface area contributed by atoms with Crippen molar-refractivity contribution in [1.82, 2.24) is 9.62 Å². The number of aryl methyl sites for hydroxylation is 1. The average molecular weight is 529 g/mol. The van der Waals surface area contributed by atoms with Crippen molar-refractivity contribution in [1.29, 1.82) is 0 Å². The third kappa shape index (κ3) is 5.34. The summed E-state index contributed by atoms with van der Waals surface area (Å²) in [7, 11) is -3.84. The Bertz CT molecular complexity index is 1270. The van der Waals surface area contributed by atoms with Gasteiger partial charge in [0.05, 0.1) is 29.1 Å². The standard InChI is InChI=1S/C26H32N4O6S/c31-26(27-23-7-3-5-19-4-1-2-6-22(19)23)20-10-12-28(13-11-20)24-9-8-21(18-25(24)30(32)33)37(34,35)29-14-16-36-17-15-29/h1-2,4,6,8-9,18,20,23H,3,5,7,10-17H2,(H,27,31)/t23-/m1/s1. The van der Waals surface area contributed by atoms with Gasteiger partial charge in [-0.15, -0.1) is 0 Å². The third-order valence-electron chi connectivity index (χ3n) is 7.64. The van der Waals surface area contributed by atoms with E-state index in [-0.39, 0.29) is 41.5 Å². The number of benzene rings is 2. The molecule has 2 aromatic rings. The smallest absolute Gasteiger partial charge is 0.293 e. The van der Waals surface area contributed by atoms with Crippen molar-refractivity contribution in [2.24, 2.45) is 5.92 Å². The minimum absolute atomic E-state index is 0.0255. The Morgan fingerprint density at radius 1 is 1.03 bits per heavy atom. The third-order valence-corrected chi connectivity index (χ3v) is 9.54.